The molecule has 1 heterocycles. The van der Waals surface area contributed by atoms with E-state index in [4.69, 9.17) is 0 Å². The second-order valence-corrected chi connectivity index (χ2v) is 4.43. The number of aromatic nitrogens is 2. The molecule has 0 N–H and O–H groups in total. The van der Waals surface area contributed by atoms with Gasteiger partial charge in [0.15, 0.2) is 0 Å². The fourth-order valence-electron chi connectivity index (χ4n) is 1.96. The van der Waals surface area contributed by atoms with Gasteiger partial charge in [-0.3, -0.25) is 0 Å². The van der Waals surface area contributed by atoms with E-state index in [1.54, 1.807) is 0 Å². The van der Waals surface area contributed by atoms with Gasteiger partial charge in [0.05, 0.1) is 0 Å². The van der Waals surface area contributed by atoms with Gasteiger partial charge in [-0.1, -0.05) is 40.0 Å². The van der Waals surface area contributed by atoms with Crippen LogP contribution in [0.2, 0.25) is 0 Å². The molecule has 2 heteroatoms. The Morgan fingerprint density at radius 3 is 2.19 bits per heavy atom. The van der Waals surface area contributed by atoms with Crippen molar-refractivity contribution in [3.8, 4) is 0 Å². The van der Waals surface area contributed by atoms with Gasteiger partial charge in [-0.2, -0.15) is 0 Å². The molecule has 0 aliphatic heterocycles. The van der Waals surface area contributed by atoms with Crippen molar-refractivity contribution < 1.29 is 0 Å². The Hall–Kier alpha value is -0.920. The van der Waals surface area contributed by atoms with E-state index < -0.39 is 0 Å². The van der Waals surface area contributed by atoms with Crippen LogP contribution in [0.15, 0.2) is 12.4 Å². The number of unbranched alkanes of at least 4 members (excludes halogenated alkanes) is 1. The smallest absolute Gasteiger partial charge is 0.131 e. The third kappa shape index (κ3) is 3.92. The largest absolute Gasteiger partial charge is 0.241 e. The minimum absolute atomic E-state index is 0.566. The third-order valence-corrected chi connectivity index (χ3v) is 3.04. The van der Waals surface area contributed by atoms with Crippen molar-refractivity contribution in [2.24, 2.45) is 0 Å². The third-order valence-electron chi connectivity index (χ3n) is 3.04. The lowest BCUT2D eigenvalue weighted by Crippen LogP contribution is -2.05. The van der Waals surface area contributed by atoms with Crippen LogP contribution in [0.4, 0.5) is 0 Å². The molecule has 0 aromatic carbocycles. The number of rotatable bonds is 7. The van der Waals surface area contributed by atoms with Crippen LogP contribution < -0.4 is 0 Å². The molecule has 0 saturated heterocycles. The first-order valence-corrected chi connectivity index (χ1v) is 6.62. The summed E-state index contributed by atoms with van der Waals surface area (Å²) in [5.74, 6) is 1.61. The molecule has 0 fully saturated rings. The molecule has 90 valence electrons. The Morgan fingerprint density at radius 2 is 1.69 bits per heavy atom. The quantitative estimate of drug-likeness (QED) is 0.691. The number of hydrogen-bond acceptors (Lipinski definition) is 2. The van der Waals surface area contributed by atoms with Crippen LogP contribution in [-0.4, -0.2) is 9.97 Å². The van der Waals surface area contributed by atoms with Crippen molar-refractivity contribution in [2.45, 2.75) is 65.2 Å². The molecule has 0 aliphatic carbocycles. The van der Waals surface area contributed by atoms with Crippen LogP contribution in [0.1, 0.15) is 70.2 Å². The van der Waals surface area contributed by atoms with Crippen molar-refractivity contribution in [3.05, 3.63) is 23.8 Å². The molecular weight excluding hydrogens is 196 g/mol. The Bertz CT molecular complexity index is 279. The van der Waals surface area contributed by atoms with Gasteiger partial charge in [0.1, 0.15) is 5.82 Å². The maximum atomic E-state index is 4.51. The zero-order valence-corrected chi connectivity index (χ0v) is 10.9. The van der Waals surface area contributed by atoms with E-state index in [-0.39, 0.29) is 0 Å². The zero-order valence-electron chi connectivity index (χ0n) is 10.9. The van der Waals surface area contributed by atoms with Crippen LogP contribution in [0, 0.1) is 0 Å². The molecule has 1 aromatic rings. The lowest BCUT2D eigenvalue weighted by atomic mass is 9.96. The molecule has 2 nitrogen and oxygen atoms in total. The van der Waals surface area contributed by atoms with Crippen molar-refractivity contribution in [3.63, 3.8) is 0 Å². The minimum atomic E-state index is 0.566. The summed E-state index contributed by atoms with van der Waals surface area (Å²) in [5.41, 5.74) is 1.23. The number of hydrogen-bond donors (Lipinski definition) is 0. The Kier molecular flexibility index (Phi) is 6.05. The van der Waals surface area contributed by atoms with Crippen LogP contribution in [0.25, 0.3) is 0 Å². The molecule has 0 spiro atoms. The van der Waals surface area contributed by atoms with E-state index in [9.17, 15) is 0 Å². The summed E-state index contributed by atoms with van der Waals surface area (Å²) >= 11 is 0. The van der Waals surface area contributed by atoms with Crippen molar-refractivity contribution in [2.75, 3.05) is 0 Å². The summed E-state index contributed by atoms with van der Waals surface area (Å²) in [6.45, 7) is 6.61. The molecule has 16 heavy (non-hydrogen) atoms. The van der Waals surface area contributed by atoms with Gasteiger partial charge in [-0.05, 0) is 24.8 Å². The molecule has 0 bridgehead atoms. The standard InChI is InChI=1S/C14H24N2/c1-4-7-9-13(8-5-2)14-15-10-12(6-3)11-16-14/h10-11,13H,4-9H2,1-3H3. The predicted octanol–water partition coefficient (Wildman–Crippen LogP) is 4.11. The molecule has 0 aliphatic rings. The summed E-state index contributed by atoms with van der Waals surface area (Å²) in [5, 5.41) is 0. The Balaban J connectivity index is 2.67. The van der Waals surface area contributed by atoms with E-state index >= 15 is 0 Å². The second-order valence-electron chi connectivity index (χ2n) is 4.43. The summed E-state index contributed by atoms with van der Waals surface area (Å²) in [7, 11) is 0. The van der Waals surface area contributed by atoms with Gasteiger partial charge >= 0.3 is 0 Å². The van der Waals surface area contributed by atoms with Crippen molar-refractivity contribution in [1.82, 2.24) is 9.97 Å². The van der Waals surface area contributed by atoms with E-state index in [1.807, 2.05) is 12.4 Å². The molecule has 0 radical (unpaired) electrons. The molecule has 0 saturated carbocycles. The first kappa shape index (κ1) is 13.1. The fraction of sp³-hybridized carbons (Fsp3) is 0.714. The fourth-order valence-corrected chi connectivity index (χ4v) is 1.96. The van der Waals surface area contributed by atoms with E-state index in [2.05, 4.69) is 30.7 Å². The van der Waals surface area contributed by atoms with Gasteiger partial charge in [0.25, 0.3) is 0 Å². The Morgan fingerprint density at radius 1 is 1.00 bits per heavy atom. The van der Waals surface area contributed by atoms with E-state index in [0.29, 0.717) is 5.92 Å². The SMILES string of the molecule is CCCCC(CCC)c1ncc(CC)cn1. The van der Waals surface area contributed by atoms with E-state index in [1.165, 1.54) is 37.7 Å². The number of nitrogens with zero attached hydrogens (tertiary/aromatic N) is 2. The molecule has 1 rings (SSSR count). The summed E-state index contributed by atoms with van der Waals surface area (Å²) in [4.78, 5) is 9.02. The van der Waals surface area contributed by atoms with Crippen LogP contribution in [0.3, 0.4) is 0 Å². The predicted molar refractivity (Wildman–Crippen MR) is 68.6 cm³/mol. The summed E-state index contributed by atoms with van der Waals surface area (Å²) < 4.78 is 0. The van der Waals surface area contributed by atoms with Gasteiger partial charge < -0.3 is 0 Å². The van der Waals surface area contributed by atoms with Crippen molar-refractivity contribution in [1.29, 1.82) is 0 Å². The summed E-state index contributed by atoms with van der Waals surface area (Å²) in [6.07, 6.45) is 11.2. The molecule has 1 unspecified atom stereocenters. The van der Waals surface area contributed by atoms with Gasteiger partial charge in [-0.15, -0.1) is 0 Å². The highest BCUT2D eigenvalue weighted by Crippen LogP contribution is 2.23. The zero-order chi connectivity index (χ0) is 11.8. The Labute approximate surface area is 99.5 Å². The van der Waals surface area contributed by atoms with Gasteiger partial charge in [-0.25, -0.2) is 9.97 Å². The normalized spacial score (nSPS) is 12.7. The average molecular weight is 220 g/mol. The summed E-state index contributed by atoms with van der Waals surface area (Å²) in [6, 6.07) is 0. The second kappa shape index (κ2) is 7.37. The van der Waals surface area contributed by atoms with Crippen LogP contribution in [-0.2, 0) is 6.42 Å². The highest BCUT2D eigenvalue weighted by Gasteiger charge is 2.12. The molecular formula is C14H24N2. The lowest BCUT2D eigenvalue weighted by molar-refractivity contribution is 0.516. The van der Waals surface area contributed by atoms with Crippen LogP contribution >= 0.6 is 0 Å². The topological polar surface area (TPSA) is 25.8 Å². The highest BCUT2D eigenvalue weighted by molar-refractivity contribution is 5.07. The van der Waals surface area contributed by atoms with Crippen molar-refractivity contribution >= 4 is 0 Å². The maximum absolute atomic E-state index is 4.51. The number of aryl methyl sites for hydroxylation is 1. The first-order valence-electron chi connectivity index (χ1n) is 6.62. The molecule has 1 atom stereocenters. The minimum Gasteiger partial charge on any atom is -0.241 e. The molecule has 1 aromatic heterocycles. The van der Waals surface area contributed by atoms with Gasteiger partial charge in [0, 0.05) is 18.3 Å². The van der Waals surface area contributed by atoms with E-state index in [0.717, 1.165) is 12.2 Å². The lowest BCUT2D eigenvalue weighted by Gasteiger charge is -2.14. The molecule has 0 amide bonds. The monoisotopic (exact) mass is 220 g/mol. The first-order chi connectivity index (χ1) is 7.81. The highest BCUT2D eigenvalue weighted by atomic mass is 14.9. The van der Waals surface area contributed by atoms with Crippen LogP contribution in [0.5, 0.6) is 0 Å². The average Bonchev–Trinajstić information content (AvgIpc) is 2.35. The van der Waals surface area contributed by atoms with Gasteiger partial charge in [0.2, 0.25) is 0 Å². The maximum Gasteiger partial charge on any atom is 0.131 e.